The van der Waals surface area contributed by atoms with Crippen molar-refractivity contribution < 1.29 is 14.3 Å². The van der Waals surface area contributed by atoms with Gasteiger partial charge in [-0.25, -0.2) is 0 Å². The summed E-state index contributed by atoms with van der Waals surface area (Å²) in [5, 5.41) is 2.09. The molecule has 0 saturated carbocycles. The van der Waals surface area contributed by atoms with E-state index in [4.69, 9.17) is 32.7 Å². The van der Waals surface area contributed by atoms with Gasteiger partial charge in [0.1, 0.15) is 5.75 Å². The Morgan fingerprint density at radius 1 is 0.804 bits per heavy atom. The smallest absolute Gasteiger partial charge is 0.307 e. The maximum Gasteiger partial charge on any atom is 0.307 e. The van der Waals surface area contributed by atoms with Crippen LogP contribution in [0.4, 0.5) is 5.69 Å². The topological polar surface area (TPSA) is 64.0 Å². The Labute approximate surface area is 313 Å². The average molecular weight is 735 g/mol. The van der Waals surface area contributed by atoms with Crippen molar-refractivity contribution in [3.8, 4) is 5.75 Å². The number of esters is 1. The monoisotopic (exact) mass is 733 g/mol. The molecule has 1 saturated heterocycles. The van der Waals surface area contributed by atoms with Crippen LogP contribution in [0.2, 0.25) is 10.0 Å². The number of hydrogen-bond donors (Lipinski definition) is 0. The second-order valence-corrected chi connectivity index (χ2v) is 13.5. The van der Waals surface area contributed by atoms with E-state index in [2.05, 4.69) is 65.3 Å². The van der Waals surface area contributed by atoms with Crippen molar-refractivity contribution >= 4 is 45.8 Å². The third-order valence-electron chi connectivity index (χ3n) is 8.82. The number of fused-ring (bicyclic) bond motifs is 1. The van der Waals surface area contributed by atoms with Gasteiger partial charge in [0.15, 0.2) is 6.73 Å². The highest BCUT2D eigenvalue weighted by Crippen LogP contribution is 2.33. The standard InChI is InChI=1S/C42H53Cl2N3O4/c1-2-3-4-5-6-7-8-9-10-11-12-13-14-15-16-22-41(49)51-34-47-39-33-36(25-23-35(39)24-26-40(47)48)50-32-18-17-27-45-28-30-46(31-29-45)38-21-19-20-37(43)42(38)44/h3-4,6-7,9-10,12-13,19-21,23-26,33H,2,5,8,11,14-18,22,27-32,34H2,1H3. The van der Waals surface area contributed by atoms with E-state index in [1.807, 2.05) is 36.4 Å². The first kappa shape index (κ1) is 40.0. The van der Waals surface area contributed by atoms with Crippen LogP contribution in [0.15, 0.2) is 102 Å². The van der Waals surface area contributed by atoms with Crippen LogP contribution < -0.4 is 15.2 Å². The van der Waals surface area contributed by atoms with Crippen molar-refractivity contribution in [1.29, 1.82) is 0 Å². The second kappa shape index (κ2) is 22.9. The summed E-state index contributed by atoms with van der Waals surface area (Å²) in [6.45, 7) is 7.39. The van der Waals surface area contributed by atoms with E-state index in [1.165, 1.54) is 10.6 Å². The number of ether oxygens (including phenoxy) is 2. The van der Waals surface area contributed by atoms with Crippen molar-refractivity contribution in [3.63, 3.8) is 0 Å². The minimum absolute atomic E-state index is 0.119. The van der Waals surface area contributed by atoms with Gasteiger partial charge in [-0.1, -0.05) is 84.8 Å². The summed E-state index contributed by atoms with van der Waals surface area (Å²) < 4.78 is 13.1. The Morgan fingerprint density at radius 3 is 2.25 bits per heavy atom. The van der Waals surface area contributed by atoms with E-state index in [-0.39, 0.29) is 18.3 Å². The summed E-state index contributed by atoms with van der Waals surface area (Å²) in [4.78, 5) is 30.0. The normalized spacial score (nSPS) is 14.2. The predicted molar refractivity (Wildman–Crippen MR) is 213 cm³/mol. The third-order valence-corrected chi connectivity index (χ3v) is 9.63. The first-order chi connectivity index (χ1) is 25.0. The molecular formula is C42H53Cl2N3O4. The quantitative estimate of drug-likeness (QED) is 0.0617. The molecule has 7 nitrogen and oxygen atoms in total. The van der Waals surface area contributed by atoms with Crippen molar-refractivity contribution in [2.75, 3.05) is 44.2 Å². The van der Waals surface area contributed by atoms with Gasteiger partial charge in [0.05, 0.1) is 27.9 Å². The highest BCUT2D eigenvalue weighted by molar-refractivity contribution is 6.43. The van der Waals surface area contributed by atoms with Crippen LogP contribution in [0.25, 0.3) is 10.9 Å². The maximum atomic E-state index is 12.7. The zero-order valence-electron chi connectivity index (χ0n) is 30.0. The summed E-state index contributed by atoms with van der Waals surface area (Å²) in [5.41, 5.74) is 1.47. The summed E-state index contributed by atoms with van der Waals surface area (Å²) in [6, 6.07) is 14.8. The number of nitrogens with zero attached hydrogens (tertiary/aromatic N) is 3. The van der Waals surface area contributed by atoms with E-state index in [1.54, 1.807) is 6.07 Å². The fourth-order valence-corrected chi connectivity index (χ4v) is 6.32. The van der Waals surface area contributed by atoms with E-state index in [0.29, 0.717) is 34.3 Å². The van der Waals surface area contributed by atoms with Gasteiger partial charge >= 0.3 is 5.97 Å². The number of rotatable bonds is 21. The van der Waals surface area contributed by atoms with Crippen LogP contribution in [0.1, 0.15) is 71.1 Å². The fraction of sp³-hybridized carbons (Fsp3) is 0.429. The SMILES string of the molecule is CCC=CCC=CCC=CCC=CCCCCC(=O)OCn1c(=O)ccc2ccc(OCCCCN3CCN(c4cccc(Cl)c4Cl)CC3)cc21. The lowest BCUT2D eigenvalue weighted by atomic mass is 10.2. The molecule has 0 spiro atoms. The molecule has 0 amide bonds. The van der Waals surface area contributed by atoms with Gasteiger partial charge in [0.2, 0.25) is 0 Å². The number of hydrogen-bond acceptors (Lipinski definition) is 6. The summed E-state index contributed by atoms with van der Waals surface area (Å²) in [6.07, 6.45) is 26.3. The lowest BCUT2D eigenvalue weighted by molar-refractivity contribution is -0.147. The Morgan fingerprint density at radius 2 is 1.51 bits per heavy atom. The molecule has 51 heavy (non-hydrogen) atoms. The zero-order chi connectivity index (χ0) is 36.1. The molecule has 0 atom stereocenters. The van der Waals surface area contributed by atoms with Gasteiger partial charge in [-0.2, -0.15) is 0 Å². The summed E-state index contributed by atoms with van der Waals surface area (Å²) in [7, 11) is 0. The van der Waals surface area contributed by atoms with Gasteiger partial charge in [0, 0.05) is 44.7 Å². The predicted octanol–water partition coefficient (Wildman–Crippen LogP) is 10.2. The zero-order valence-corrected chi connectivity index (χ0v) is 31.5. The number of carbonyl (C=O) groups excluding carboxylic acids is 1. The molecule has 3 aromatic rings. The number of allylic oxidation sites excluding steroid dienone is 8. The van der Waals surface area contributed by atoms with Crippen molar-refractivity contribution in [3.05, 3.63) is 118 Å². The van der Waals surface area contributed by atoms with Gasteiger partial charge < -0.3 is 14.4 Å². The van der Waals surface area contributed by atoms with Gasteiger partial charge in [0.25, 0.3) is 5.56 Å². The number of pyridine rings is 1. The molecular weight excluding hydrogens is 681 g/mol. The lowest BCUT2D eigenvalue weighted by Crippen LogP contribution is -2.46. The van der Waals surface area contributed by atoms with Crippen molar-refractivity contribution in [2.24, 2.45) is 0 Å². The largest absolute Gasteiger partial charge is 0.494 e. The van der Waals surface area contributed by atoms with Crippen LogP contribution in [0.3, 0.4) is 0 Å². The molecule has 0 aliphatic carbocycles. The van der Waals surface area contributed by atoms with E-state index in [0.717, 1.165) is 102 Å². The Bertz CT molecular complexity index is 1690. The van der Waals surface area contributed by atoms with Crippen LogP contribution in [-0.2, 0) is 16.3 Å². The number of unbranched alkanes of at least 4 members (excludes halogenated alkanes) is 3. The number of benzene rings is 2. The van der Waals surface area contributed by atoms with Gasteiger partial charge in [-0.15, -0.1) is 0 Å². The minimum atomic E-state index is -0.300. The molecule has 9 heteroatoms. The van der Waals surface area contributed by atoms with Crippen molar-refractivity contribution in [2.45, 2.75) is 77.9 Å². The third kappa shape index (κ3) is 14.0. The summed E-state index contributed by atoms with van der Waals surface area (Å²) in [5.74, 6) is 0.391. The highest BCUT2D eigenvalue weighted by Gasteiger charge is 2.19. The number of piperazine rings is 1. The fourth-order valence-electron chi connectivity index (χ4n) is 5.91. The second-order valence-electron chi connectivity index (χ2n) is 12.7. The Kier molecular flexibility index (Phi) is 18.0. The highest BCUT2D eigenvalue weighted by atomic mass is 35.5. The molecule has 1 aromatic heterocycles. The first-order valence-electron chi connectivity index (χ1n) is 18.4. The molecule has 2 heterocycles. The van der Waals surface area contributed by atoms with Crippen LogP contribution in [0.5, 0.6) is 5.75 Å². The lowest BCUT2D eigenvalue weighted by Gasteiger charge is -2.36. The van der Waals surface area contributed by atoms with Gasteiger partial charge in [-0.05, 0) is 100 Å². The number of anilines is 1. The molecule has 0 N–H and O–H groups in total. The van der Waals surface area contributed by atoms with E-state index in [9.17, 15) is 9.59 Å². The molecule has 1 fully saturated rings. The number of halogens is 2. The number of aromatic nitrogens is 1. The van der Waals surface area contributed by atoms with E-state index < -0.39 is 0 Å². The number of carbonyl (C=O) groups is 1. The molecule has 0 radical (unpaired) electrons. The molecule has 1 aliphatic heterocycles. The Balaban J connectivity index is 1.11. The molecule has 0 unspecified atom stereocenters. The average Bonchev–Trinajstić information content (AvgIpc) is 3.14. The Hall–Kier alpha value is -3.78. The molecule has 4 rings (SSSR count). The van der Waals surface area contributed by atoms with Crippen LogP contribution >= 0.6 is 23.2 Å². The molecule has 0 bridgehead atoms. The van der Waals surface area contributed by atoms with Crippen LogP contribution in [0, 0.1) is 0 Å². The van der Waals surface area contributed by atoms with Gasteiger partial charge in [-0.3, -0.25) is 19.1 Å². The minimum Gasteiger partial charge on any atom is -0.494 e. The van der Waals surface area contributed by atoms with Crippen LogP contribution in [-0.4, -0.2) is 54.8 Å². The maximum absolute atomic E-state index is 12.7. The molecule has 1 aliphatic rings. The van der Waals surface area contributed by atoms with Crippen molar-refractivity contribution in [1.82, 2.24) is 9.47 Å². The summed E-state index contributed by atoms with van der Waals surface area (Å²) >= 11 is 12.6. The molecule has 274 valence electrons. The van der Waals surface area contributed by atoms with E-state index >= 15 is 0 Å². The first-order valence-corrected chi connectivity index (χ1v) is 19.1. The molecule has 2 aromatic carbocycles.